The van der Waals surface area contributed by atoms with E-state index in [9.17, 15) is 23.4 Å². The molecule has 0 radical (unpaired) electrons. The van der Waals surface area contributed by atoms with E-state index in [1.807, 2.05) is 0 Å². The summed E-state index contributed by atoms with van der Waals surface area (Å²) in [5, 5.41) is 19.9. The van der Waals surface area contributed by atoms with Crippen molar-refractivity contribution in [1.29, 1.82) is 0 Å². The number of hydrogen-bond donors (Lipinski definition) is 2. The number of phenolic OH excluding ortho intramolecular Hbond substituents is 1. The van der Waals surface area contributed by atoms with Gasteiger partial charge in [0.2, 0.25) is 9.84 Å². The van der Waals surface area contributed by atoms with Crippen molar-refractivity contribution in [2.45, 2.75) is 18.7 Å². The molecular formula is C12H12O5S. The van der Waals surface area contributed by atoms with Crippen LogP contribution < -0.4 is 0 Å². The molecule has 0 spiro atoms. The van der Waals surface area contributed by atoms with Crippen LogP contribution in [0.25, 0.3) is 5.57 Å². The number of rotatable bonds is 2. The van der Waals surface area contributed by atoms with Crippen LogP contribution in [0.4, 0.5) is 0 Å². The molecule has 1 aliphatic heterocycles. The van der Waals surface area contributed by atoms with Crippen molar-refractivity contribution in [2.24, 2.45) is 5.41 Å². The third-order valence-corrected chi connectivity index (χ3v) is 4.56. The standard InChI is InChI=1S/C12H12O5S/c1-12(2,11(14)15)7-6-18(16,17)9-5-3-4-8(13)10(7)9/h3-6,13H,1-2H3,(H,14,15). The second-order valence-corrected chi connectivity index (χ2v) is 6.42. The Kier molecular flexibility index (Phi) is 2.52. The molecule has 0 bridgehead atoms. The SMILES string of the molecule is CC(C)(C(=O)O)C1=CS(=O)(=O)c2cccc(O)c21. The van der Waals surface area contributed by atoms with E-state index >= 15 is 0 Å². The lowest BCUT2D eigenvalue weighted by Crippen LogP contribution is -2.24. The fourth-order valence-corrected chi connectivity index (χ4v) is 3.50. The number of aliphatic carboxylic acids is 1. The lowest BCUT2D eigenvalue weighted by Gasteiger charge is -2.21. The van der Waals surface area contributed by atoms with Gasteiger partial charge in [-0.3, -0.25) is 4.79 Å². The highest BCUT2D eigenvalue weighted by atomic mass is 32.2. The molecule has 1 aromatic carbocycles. The van der Waals surface area contributed by atoms with Crippen LogP contribution in [0.3, 0.4) is 0 Å². The number of carboxylic acid groups (broad SMARTS) is 1. The van der Waals surface area contributed by atoms with Gasteiger partial charge in [0, 0.05) is 11.0 Å². The van der Waals surface area contributed by atoms with Crippen LogP contribution in [0.2, 0.25) is 0 Å². The summed E-state index contributed by atoms with van der Waals surface area (Å²) in [7, 11) is -3.68. The first-order valence-corrected chi connectivity index (χ1v) is 6.75. The maximum atomic E-state index is 11.9. The Balaban J connectivity index is 2.80. The van der Waals surface area contributed by atoms with Gasteiger partial charge in [-0.05, 0) is 31.6 Å². The maximum Gasteiger partial charge on any atom is 0.313 e. The molecule has 1 aliphatic rings. The molecule has 18 heavy (non-hydrogen) atoms. The average molecular weight is 268 g/mol. The van der Waals surface area contributed by atoms with Crippen LogP contribution in [0.1, 0.15) is 19.4 Å². The first-order valence-electron chi connectivity index (χ1n) is 5.21. The molecule has 0 aromatic heterocycles. The van der Waals surface area contributed by atoms with Gasteiger partial charge < -0.3 is 10.2 Å². The van der Waals surface area contributed by atoms with Crippen molar-refractivity contribution < 1.29 is 23.4 Å². The van der Waals surface area contributed by atoms with Gasteiger partial charge in [-0.2, -0.15) is 0 Å². The quantitative estimate of drug-likeness (QED) is 0.850. The van der Waals surface area contributed by atoms with Gasteiger partial charge in [-0.15, -0.1) is 0 Å². The fraction of sp³-hybridized carbons (Fsp3) is 0.250. The molecule has 0 saturated heterocycles. The molecule has 6 heteroatoms. The van der Waals surface area contributed by atoms with Crippen molar-refractivity contribution in [3.8, 4) is 5.75 Å². The van der Waals surface area contributed by atoms with Crippen LogP contribution in [0.5, 0.6) is 5.75 Å². The van der Waals surface area contributed by atoms with E-state index in [2.05, 4.69) is 0 Å². The summed E-state index contributed by atoms with van der Waals surface area (Å²) in [6, 6.07) is 4.10. The Morgan fingerprint density at radius 2 is 1.89 bits per heavy atom. The molecule has 0 aliphatic carbocycles. The smallest absolute Gasteiger partial charge is 0.313 e. The summed E-state index contributed by atoms with van der Waals surface area (Å²) in [6.45, 7) is 2.80. The highest BCUT2D eigenvalue weighted by molar-refractivity contribution is 7.95. The first-order chi connectivity index (χ1) is 8.18. The van der Waals surface area contributed by atoms with Gasteiger partial charge in [0.15, 0.2) is 0 Å². The third-order valence-electron chi connectivity index (χ3n) is 3.06. The van der Waals surface area contributed by atoms with Gasteiger partial charge >= 0.3 is 5.97 Å². The minimum absolute atomic E-state index is 0.0492. The summed E-state index contributed by atoms with van der Waals surface area (Å²) >= 11 is 0. The van der Waals surface area contributed by atoms with E-state index in [-0.39, 0.29) is 21.8 Å². The minimum atomic E-state index is -3.68. The Bertz CT molecular complexity index is 668. The molecule has 0 saturated carbocycles. The zero-order valence-corrected chi connectivity index (χ0v) is 10.7. The Morgan fingerprint density at radius 3 is 2.44 bits per heavy atom. The molecule has 1 heterocycles. The highest BCUT2D eigenvalue weighted by Crippen LogP contribution is 2.47. The number of aromatic hydroxyl groups is 1. The lowest BCUT2D eigenvalue weighted by atomic mass is 9.81. The molecule has 0 unspecified atom stereocenters. The fourth-order valence-electron chi connectivity index (χ4n) is 1.88. The summed E-state index contributed by atoms with van der Waals surface area (Å²) in [6.07, 6.45) is 0. The van der Waals surface area contributed by atoms with Crippen LogP contribution >= 0.6 is 0 Å². The van der Waals surface area contributed by atoms with E-state index < -0.39 is 21.2 Å². The minimum Gasteiger partial charge on any atom is -0.507 e. The first kappa shape index (κ1) is 12.6. The monoisotopic (exact) mass is 268 g/mol. The van der Waals surface area contributed by atoms with Gasteiger partial charge in [0.05, 0.1) is 10.3 Å². The number of phenols is 1. The predicted octanol–water partition coefficient (Wildman–Crippen LogP) is 1.63. The van der Waals surface area contributed by atoms with E-state index in [1.165, 1.54) is 32.0 Å². The average Bonchev–Trinajstić information content (AvgIpc) is 2.53. The van der Waals surface area contributed by atoms with Crippen molar-refractivity contribution in [3.63, 3.8) is 0 Å². The van der Waals surface area contributed by atoms with E-state index in [0.29, 0.717) is 0 Å². The van der Waals surface area contributed by atoms with Crippen molar-refractivity contribution in [2.75, 3.05) is 0 Å². The second-order valence-electron chi connectivity index (χ2n) is 4.66. The van der Waals surface area contributed by atoms with Gasteiger partial charge in [-0.1, -0.05) is 6.07 Å². The van der Waals surface area contributed by atoms with Crippen LogP contribution in [0, 0.1) is 5.41 Å². The molecule has 2 rings (SSSR count). The molecule has 5 nitrogen and oxygen atoms in total. The van der Waals surface area contributed by atoms with Gasteiger partial charge in [0.1, 0.15) is 5.75 Å². The van der Waals surface area contributed by atoms with E-state index in [4.69, 9.17) is 0 Å². The molecule has 0 fully saturated rings. The van der Waals surface area contributed by atoms with Crippen molar-refractivity contribution in [3.05, 3.63) is 29.2 Å². The summed E-state index contributed by atoms with van der Waals surface area (Å²) < 4.78 is 23.8. The second kappa shape index (κ2) is 3.58. The van der Waals surface area contributed by atoms with Gasteiger partial charge in [0.25, 0.3) is 0 Å². The summed E-state index contributed by atoms with van der Waals surface area (Å²) in [5.41, 5.74) is -1.20. The Morgan fingerprint density at radius 1 is 1.28 bits per heavy atom. The highest BCUT2D eigenvalue weighted by Gasteiger charge is 2.41. The largest absolute Gasteiger partial charge is 0.507 e. The van der Waals surface area contributed by atoms with Crippen LogP contribution in [0.15, 0.2) is 28.5 Å². The lowest BCUT2D eigenvalue weighted by molar-refractivity contribution is -0.143. The predicted molar refractivity (Wildman–Crippen MR) is 64.7 cm³/mol. The Hall–Kier alpha value is -1.82. The molecular weight excluding hydrogens is 256 g/mol. The van der Waals surface area contributed by atoms with Crippen LogP contribution in [-0.2, 0) is 14.6 Å². The van der Waals surface area contributed by atoms with Crippen LogP contribution in [-0.4, -0.2) is 24.6 Å². The van der Waals surface area contributed by atoms with Crippen molar-refractivity contribution >= 4 is 21.4 Å². The topological polar surface area (TPSA) is 91.7 Å². The zero-order valence-electron chi connectivity index (χ0n) is 9.84. The summed E-state index contributed by atoms with van der Waals surface area (Å²) in [5.74, 6) is -1.38. The number of benzene rings is 1. The molecule has 0 amide bonds. The number of carboxylic acids is 1. The van der Waals surface area contributed by atoms with Gasteiger partial charge in [-0.25, -0.2) is 8.42 Å². The maximum absolute atomic E-state index is 11.9. The van der Waals surface area contributed by atoms with Crippen molar-refractivity contribution in [1.82, 2.24) is 0 Å². The number of sulfone groups is 1. The summed E-state index contributed by atoms with van der Waals surface area (Å²) in [4.78, 5) is 11.2. The molecule has 0 atom stereocenters. The molecule has 96 valence electrons. The molecule has 2 N–H and O–H groups in total. The van der Waals surface area contributed by atoms with E-state index in [0.717, 1.165) is 5.41 Å². The Labute approximate surface area is 104 Å². The zero-order chi connectivity index (χ0) is 13.7. The van der Waals surface area contributed by atoms with E-state index in [1.54, 1.807) is 0 Å². The number of fused-ring (bicyclic) bond motifs is 1. The third kappa shape index (κ3) is 1.60. The number of carbonyl (C=O) groups is 1. The number of hydrogen-bond acceptors (Lipinski definition) is 4. The molecule has 1 aromatic rings. The normalized spacial score (nSPS) is 17.1.